The van der Waals surface area contributed by atoms with Crippen molar-refractivity contribution < 1.29 is 14.4 Å². The van der Waals surface area contributed by atoms with Gasteiger partial charge in [0.15, 0.2) is 0 Å². The van der Waals surface area contributed by atoms with Crippen molar-refractivity contribution in [2.75, 3.05) is 0 Å². The van der Waals surface area contributed by atoms with Crippen LogP contribution in [0.15, 0.2) is 24.5 Å². The number of amides is 3. The summed E-state index contributed by atoms with van der Waals surface area (Å²) in [5.74, 6) is -0.853. The Morgan fingerprint density at radius 2 is 1.96 bits per heavy atom. The Morgan fingerprint density at radius 1 is 1.15 bits per heavy atom. The number of aryl methyl sites for hydroxylation is 1. The molecule has 4 rings (SSSR count). The lowest BCUT2D eigenvalue weighted by atomic mass is 10.0. The van der Waals surface area contributed by atoms with Crippen molar-refractivity contribution in [1.82, 2.24) is 20.2 Å². The zero-order valence-electron chi connectivity index (χ0n) is 14.6. The highest BCUT2D eigenvalue weighted by Gasteiger charge is 2.39. The molecule has 1 saturated heterocycles. The van der Waals surface area contributed by atoms with Crippen LogP contribution in [-0.4, -0.2) is 38.6 Å². The molecule has 3 heterocycles. The molecule has 7 heteroatoms. The molecule has 132 valence electrons. The summed E-state index contributed by atoms with van der Waals surface area (Å²) in [5.41, 5.74) is 5.14. The van der Waals surface area contributed by atoms with E-state index in [0.717, 1.165) is 28.1 Å². The number of fused-ring (bicyclic) bond motifs is 1. The lowest BCUT2D eigenvalue weighted by molar-refractivity contribution is -0.136. The number of carbonyl (C=O) groups excluding carboxylic acids is 3. The summed E-state index contributed by atoms with van der Waals surface area (Å²) in [6.07, 6.45) is 2.15. The van der Waals surface area contributed by atoms with Gasteiger partial charge in [-0.2, -0.15) is 0 Å². The third kappa shape index (κ3) is 2.56. The summed E-state index contributed by atoms with van der Waals surface area (Å²) in [5, 5.41) is 2.32. The van der Waals surface area contributed by atoms with Gasteiger partial charge in [0.1, 0.15) is 12.4 Å². The van der Waals surface area contributed by atoms with E-state index < -0.39 is 11.9 Å². The maximum absolute atomic E-state index is 12.7. The van der Waals surface area contributed by atoms with Crippen molar-refractivity contribution in [2.24, 2.45) is 0 Å². The van der Waals surface area contributed by atoms with Gasteiger partial charge < -0.3 is 4.90 Å². The topological polar surface area (TPSA) is 92.3 Å². The van der Waals surface area contributed by atoms with E-state index in [1.54, 1.807) is 11.0 Å². The Bertz CT molecular complexity index is 954. The average molecular weight is 350 g/mol. The molecule has 2 aliphatic rings. The molecule has 1 atom stereocenters. The van der Waals surface area contributed by atoms with Gasteiger partial charge in [0, 0.05) is 29.8 Å². The number of hydrogen-bond acceptors (Lipinski definition) is 5. The molecule has 1 unspecified atom stereocenters. The summed E-state index contributed by atoms with van der Waals surface area (Å²) < 4.78 is 0. The molecule has 0 aliphatic carbocycles. The number of benzene rings is 1. The Kier molecular flexibility index (Phi) is 3.79. The van der Waals surface area contributed by atoms with Crippen LogP contribution in [0, 0.1) is 13.8 Å². The van der Waals surface area contributed by atoms with Crippen LogP contribution in [0.1, 0.15) is 40.0 Å². The minimum absolute atomic E-state index is 0.170. The van der Waals surface area contributed by atoms with Gasteiger partial charge in [-0.3, -0.25) is 19.7 Å². The van der Waals surface area contributed by atoms with Crippen molar-refractivity contribution in [2.45, 2.75) is 39.3 Å². The van der Waals surface area contributed by atoms with Crippen LogP contribution < -0.4 is 5.32 Å². The van der Waals surface area contributed by atoms with Gasteiger partial charge in [-0.1, -0.05) is 6.07 Å². The molecule has 26 heavy (non-hydrogen) atoms. The first kappa shape index (κ1) is 16.4. The van der Waals surface area contributed by atoms with Crippen LogP contribution in [0.4, 0.5) is 0 Å². The monoisotopic (exact) mass is 350 g/mol. The Morgan fingerprint density at radius 3 is 2.73 bits per heavy atom. The van der Waals surface area contributed by atoms with E-state index in [9.17, 15) is 14.4 Å². The Labute approximate surface area is 150 Å². The van der Waals surface area contributed by atoms with Crippen molar-refractivity contribution >= 4 is 17.7 Å². The lowest BCUT2D eigenvalue weighted by Gasteiger charge is -2.29. The number of nitrogens with one attached hydrogen (secondary N) is 1. The highest BCUT2D eigenvalue weighted by atomic mass is 16.2. The fourth-order valence-corrected chi connectivity index (χ4v) is 3.55. The van der Waals surface area contributed by atoms with Crippen LogP contribution in [-0.2, 0) is 16.1 Å². The van der Waals surface area contributed by atoms with Gasteiger partial charge in [-0.15, -0.1) is 0 Å². The standard InChI is InChI=1S/C19H18N4O3/c1-10-11(2)20-9-21-17(10)12-3-4-14-13(7-12)8-23(19(14)26)15-5-6-16(24)22-18(15)25/h3-4,7,9,15H,5-6,8H2,1-2H3,(H,22,24,25). The summed E-state index contributed by atoms with van der Waals surface area (Å²) in [4.78, 5) is 46.3. The maximum atomic E-state index is 12.7. The molecule has 0 saturated carbocycles. The molecule has 1 fully saturated rings. The van der Waals surface area contributed by atoms with E-state index >= 15 is 0 Å². The average Bonchev–Trinajstić information content (AvgIpc) is 2.93. The smallest absolute Gasteiger partial charge is 0.255 e. The van der Waals surface area contributed by atoms with Crippen molar-refractivity contribution in [3.05, 3.63) is 46.9 Å². The van der Waals surface area contributed by atoms with Crippen LogP contribution in [0.2, 0.25) is 0 Å². The summed E-state index contributed by atoms with van der Waals surface area (Å²) in [6, 6.07) is 5.02. The number of hydrogen-bond donors (Lipinski definition) is 1. The van der Waals surface area contributed by atoms with Gasteiger partial charge in [-0.05, 0) is 43.5 Å². The van der Waals surface area contributed by atoms with Crippen molar-refractivity contribution in [3.63, 3.8) is 0 Å². The predicted octanol–water partition coefficient (Wildman–Crippen LogP) is 1.52. The van der Waals surface area contributed by atoms with Gasteiger partial charge in [-0.25, -0.2) is 9.97 Å². The maximum Gasteiger partial charge on any atom is 0.255 e. The van der Waals surface area contributed by atoms with Gasteiger partial charge in [0.25, 0.3) is 5.91 Å². The zero-order valence-corrected chi connectivity index (χ0v) is 14.6. The molecule has 3 amide bonds. The van der Waals surface area contributed by atoms with Gasteiger partial charge in [0.2, 0.25) is 11.8 Å². The molecule has 1 aromatic heterocycles. The minimum Gasteiger partial charge on any atom is -0.322 e. The summed E-state index contributed by atoms with van der Waals surface area (Å²) in [7, 11) is 0. The zero-order chi connectivity index (χ0) is 18.4. The second-order valence-corrected chi connectivity index (χ2v) is 6.70. The van der Waals surface area contributed by atoms with Gasteiger partial charge >= 0.3 is 0 Å². The molecule has 7 nitrogen and oxygen atoms in total. The Hall–Kier alpha value is -3.09. The molecule has 0 spiro atoms. The lowest BCUT2D eigenvalue weighted by Crippen LogP contribution is -2.52. The SMILES string of the molecule is Cc1ncnc(-c2ccc3c(c2)CN(C2CCC(=O)NC2=O)C3=O)c1C. The van der Waals surface area contributed by atoms with Crippen molar-refractivity contribution in [1.29, 1.82) is 0 Å². The number of aromatic nitrogens is 2. The molecular formula is C19H18N4O3. The fraction of sp³-hybridized carbons (Fsp3) is 0.316. The normalized spacial score (nSPS) is 19.5. The molecule has 1 N–H and O–H groups in total. The van der Waals surface area contributed by atoms with Crippen molar-refractivity contribution in [3.8, 4) is 11.3 Å². The van der Waals surface area contributed by atoms with Crippen LogP contribution in [0.5, 0.6) is 0 Å². The quantitative estimate of drug-likeness (QED) is 0.829. The van der Waals surface area contributed by atoms with E-state index in [2.05, 4.69) is 15.3 Å². The van der Waals surface area contributed by atoms with Crippen LogP contribution >= 0.6 is 0 Å². The van der Waals surface area contributed by atoms with Gasteiger partial charge in [0.05, 0.1) is 5.69 Å². The van der Waals surface area contributed by atoms with E-state index in [0.29, 0.717) is 18.5 Å². The summed E-state index contributed by atoms with van der Waals surface area (Å²) >= 11 is 0. The van der Waals surface area contributed by atoms with E-state index in [1.807, 2.05) is 26.0 Å². The number of piperidine rings is 1. The second-order valence-electron chi connectivity index (χ2n) is 6.70. The Balaban J connectivity index is 1.66. The third-order valence-corrected chi connectivity index (χ3v) is 5.13. The first-order valence-electron chi connectivity index (χ1n) is 8.52. The molecule has 2 aromatic rings. The first-order valence-corrected chi connectivity index (χ1v) is 8.52. The predicted molar refractivity (Wildman–Crippen MR) is 93.0 cm³/mol. The van der Waals surface area contributed by atoms with Crippen LogP contribution in [0.3, 0.4) is 0 Å². The number of rotatable bonds is 2. The molecule has 1 aromatic carbocycles. The van der Waals surface area contributed by atoms with E-state index in [-0.39, 0.29) is 18.2 Å². The highest BCUT2D eigenvalue weighted by Crippen LogP contribution is 2.31. The number of nitrogens with zero attached hydrogens (tertiary/aromatic N) is 3. The second kappa shape index (κ2) is 6.01. The fourth-order valence-electron chi connectivity index (χ4n) is 3.55. The minimum atomic E-state index is -0.598. The number of imide groups is 1. The summed E-state index contributed by atoms with van der Waals surface area (Å²) in [6.45, 7) is 4.26. The van der Waals surface area contributed by atoms with E-state index in [4.69, 9.17) is 0 Å². The highest BCUT2D eigenvalue weighted by molar-refractivity contribution is 6.05. The first-order chi connectivity index (χ1) is 12.5. The number of carbonyl (C=O) groups is 3. The molecular weight excluding hydrogens is 332 g/mol. The van der Waals surface area contributed by atoms with E-state index in [1.165, 1.54) is 6.33 Å². The molecule has 0 bridgehead atoms. The molecule has 0 radical (unpaired) electrons. The third-order valence-electron chi connectivity index (χ3n) is 5.13. The molecule has 2 aliphatic heterocycles. The largest absolute Gasteiger partial charge is 0.322 e. The van der Waals surface area contributed by atoms with Crippen LogP contribution in [0.25, 0.3) is 11.3 Å².